The molecule has 1 unspecified atom stereocenters. The number of fused-ring (bicyclic) bond motifs is 1. The lowest BCUT2D eigenvalue weighted by molar-refractivity contribution is 0.0952. The van der Waals surface area contributed by atoms with Crippen LogP contribution in [0.15, 0.2) is 48.8 Å². The second-order valence-corrected chi connectivity index (χ2v) is 7.52. The number of carbonyl (C=O) groups excluding carboxylic acids is 1. The molecule has 1 saturated heterocycles. The Bertz CT molecular complexity index is 964. The second-order valence-electron chi connectivity index (χ2n) is 7.52. The highest BCUT2D eigenvalue weighted by molar-refractivity contribution is 6.07. The molecule has 6 heteroatoms. The van der Waals surface area contributed by atoms with Crippen LogP contribution >= 0.6 is 0 Å². The van der Waals surface area contributed by atoms with Crippen LogP contribution in [0.5, 0.6) is 0 Å². The molecule has 2 aliphatic rings. The molecular formula is C21H23N5O. The van der Waals surface area contributed by atoms with Gasteiger partial charge in [0.15, 0.2) is 0 Å². The number of nitrogens with zero attached hydrogens (tertiary/aromatic N) is 4. The van der Waals surface area contributed by atoms with Crippen LogP contribution in [0.3, 0.4) is 0 Å². The van der Waals surface area contributed by atoms with E-state index in [-0.39, 0.29) is 5.91 Å². The van der Waals surface area contributed by atoms with Crippen LogP contribution in [0, 0.1) is 0 Å². The Balaban J connectivity index is 1.49. The number of hydrogen-bond acceptors (Lipinski definition) is 4. The summed E-state index contributed by atoms with van der Waals surface area (Å²) in [4.78, 5) is 20.0. The molecule has 0 bridgehead atoms. The third-order valence-corrected chi connectivity index (χ3v) is 5.48. The summed E-state index contributed by atoms with van der Waals surface area (Å²) < 4.78 is 2.04. The molecule has 1 amide bonds. The standard InChI is InChI=1S/C21H23N5O/c27-21(23-15-8-9-15)18-13-20(24-19-7-2-1-6-17(18)19)25-11-3-5-16(14-25)26-12-4-10-22-26/h1-2,4,6-7,10,12-13,15-16H,3,5,8-9,11,14H2,(H,23,27). The number of para-hydroxylation sites is 1. The van der Waals surface area contributed by atoms with E-state index in [9.17, 15) is 4.79 Å². The largest absolute Gasteiger partial charge is 0.354 e. The fourth-order valence-corrected chi connectivity index (χ4v) is 3.88. The number of aromatic nitrogens is 3. The van der Waals surface area contributed by atoms with Crippen LogP contribution < -0.4 is 10.2 Å². The number of hydrogen-bond donors (Lipinski definition) is 1. The molecule has 2 fully saturated rings. The fraction of sp³-hybridized carbons (Fsp3) is 0.381. The van der Waals surface area contributed by atoms with Crippen molar-refractivity contribution < 1.29 is 4.79 Å². The molecule has 138 valence electrons. The van der Waals surface area contributed by atoms with E-state index in [2.05, 4.69) is 15.3 Å². The van der Waals surface area contributed by atoms with Crippen molar-refractivity contribution in [2.75, 3.05) is 18.0 Å². The Morgan fingerprint density at radius 1 is 1.15 bits per heavy atom. The van der Waals surface area contributed by atoms with E-state index in [1.54, 1.807) is 0 Å². The summed E-state index contributed by atoms with van der Waals surface area (Å²) in [5.74, 6) is 0.893. The van der Waals surface area contributed by atoms with Crippen molar-refractivity contribution in [3.05, 3.63) is 54.4 Å². The van der Waals surface area contributed by atoms with Gasteiger partial charge in [-0.1, -0.05) is 18.2 Å². The van der Waals surface area contributed by atoms with Gasteiger partial charge in [-0.25, -0.2) is 4.98 Å². The summed E-state index contributed by atoms with van der Waals surface area (Å²) in [7, 11) is 0. The molecule has 1 atom stereocenters. The number of amides is 1. The molecule has 6 nitrogen and oxygen atoms in total. The molecule has 5 rings (SSSR count). The van der Waals surface area contributed by atoms with Gasteiger partial charge in [0, 0.05) is 36.9 Å². The topological polar surface area (TPSA) is 63.1 Å². The van der Waals surface area contributed by atoms with Gasteiger partial charge < -0.3 is 10.2 Å². The van der Waals surface area contributed by atoms with Gasteiger partial charge in [-0.05, 0) is 43.9 Å². The van der Waals surface area contributed by atoms with E-state index in [0.717, 1.165) is 61.1 Å². The second kappa shape index (κ2) is 6.68. The molecule has 0 radical (unpaired) electrons. The van der Waals surface area contributed by atoms with Crippen molar-refractivity contribution in [1.82, 2.24) is 20.1 Å². The third-order valence-electron chi connectivity index (χ3n) is 5.48. The first-order valence-electron chi connectivity index (χ1n) is 9.73. The first-order valence-corrected chi connectivity index (χ1v) is 9.73. The van der Waals surface area contributed by atoms with Crippen molar-refractivity contribution in [1.29, 1.82) is 0 Å². The first kappa shape index (κ1) is 16.3. The van der Waals surface area contributed by atoms with Crippen molar-refractivity contribution in [2.45, 2.75) is 37.8 Å². The molecular weight excluding hydrogens is 338 g/mol. The molecule has 27 heavy (non-hydrogen) atoms. The number of piperidine rings is 1. The minimum Gasteiger partial charge on any atom is -0.354 e. The molecule has 1 aliphatic carbocycles. The Labute approximate surface area is 158 Å². The van der Waals surface area contributed by atoms with Crippen LogP contribution in [-0.2, 0) is 0 Å². The highest BCUT2D eigenvalue weighted by Gasteiger charge is 2.27. The monoisotopic (exact) mass is 361 g/mol. The van der Waals surface area contributed by atoms with Crippen LogP contribution in [0.2, 0.25) is 0 Å². The van der Waals surface area contributed by atoms with E-state index in [1.807, 2.05) is 53.5 Å². The zero-order chi connectivity index (χ0) is 18.2. The average Bonchev–Trinajstić information content (AvgIpc) is 3.35. The van der Waals surface area contributed by atoms with Crippen molar-refractivity contribution in [3.63, 3.8) is 0 Å². The van der Waals surface area contributed by atoms with Crippen LogP contribution in [0.1, 0.15) is 42.1 Å². The van der Waals surface area contributed by atoms with Gasteiger partial charge in [0.1, 0.15) is 5.82 Å². The van der Waals surface area contributed by atoms with E-state index >= 15 is 0 Å². The SMILES string of the molecule is O=C(NC1CC1)c1cc(N2CCCC(n3cccn3)C2)nc2ccccc12. The smallest absolute Gasteiger partial charge is 0.252 e. The summed E-state index contributed by atoms with van der Waals surface area (Å²) >= 11 is 0. The summed E-state index contributed by atoms with van der Waals surface area (Å²) in [6.45, 7) is 1.81. The van der Waals surface area contributed by atoms with E-state index in [4.69, 9.17) is 4.98 Å². The van der Waals surface area contributed by atoms with Gasteiger partial charge >= 0.3 is 0 Å². The summed E-state index contributed by atoms with van der Waals surface area (Å²) in [6, 6.07) is 12.5. The number of benzene rings is 1. The number of anilines is 1. The summed E-state index contributed by atoms with van der Waals surface area (Å²) in [6.07, 6.45) is 8.21. The Morgan fingerprint density at radius 2 is 2.04 bits per heavy atom. The zero-order valence-electron chi connectivity index (χ0n) is 15.2. The predicted octanol–water partition coefficient (Wildman–Crippen LogP) is 3.17. The van der Waals surface area contributed by atoms with E-state index in [1.165, 1.54) is 0 Å². The number of rotatable bonds is 4. The number of pyridine rings is 1. The maximum atomic E-state index is 12.8. The molecule has 3 heterocycles. The summed E-state index contributed by atoms with van der Waals surface area (Å²) in [5, 5.41) is 8.45. The zero-order valence-corrected chi connectivity index (χ0v) is 15.2. The van der Waals surface area contributed by atoms with Gasteiger partial charge in [-0.2, -0.15) is 5.10 Å². The van der Waals surface area contributed by atoms with Crippen LogP contribution in [0.25, 0.3) is 10.9 Å². The normalized spacial score (nSPS) is 20.0. The van der Waals surface area contributed by atoms with Gasteiger partial charge in [0.2, 0.25) is 0 Å². The van der Waals surface area contributed by atoms with Gasteiger partial charge in [-0.15, -0.1) is 0 Å². The number of carbonyl (C=O) groups is 1. The van der Waals surface area contributed by atoms with E-state index in [0.29, 0.717) is 12.1 Å². The molecule has 2 aromatic heterocycles. The Kier molecular flexibility index (Phi) is 4.03. The highest BCUT2D eigenvalue weighted by atomic mass is 16.1. The molecule has 1 aromatic carbocycles. The molecule has 1 saturated carbocycles. The third kappa shape index (κ3) is 3.27. The quantitative estimate of drug-likeness (QED) is 0.775. The van der Waals surface area contributed by atoms with Gasteiger partial charge in [0.25, 0.3) is 5.91 Å². The van der Waals surface area contributed by atoms with Gasteiger partial charge in [-0.3, -0.25) is 9.48 Å². The molecule has 1 N–H and O–H groups in total. The lowest BCUT2D eigenvalue weighted by Gasteiger charge is -2.34. The predicted molar refractivity (Wildman–Crippen MR) is 105 cm³/mol. The Hall–Kier alpha value is -2.89. The van der Waals surface area contributed by atoms with Crippen LogP contribution in [0.4, 0.5) is 5.82 Å². The minimum absolute atomic E-state index is 0.0120. The maximum absolute atomic E-state index is 12.8. The Morgan fingerprint density at radius 3 is 2.85 bits per heavy atom. The molecule has 0 spiro atoms. The van der Waals surface area contributed by atoms with Gasteiger partial charge in [0.05, 0.1) is 17.1 Å². The van der Waals surface area contributed by atoms with Crippen molar-refractivity contribution in [2.24, 2.45) is 0 Å². The van der Waals surface area contributed by atoms with E-state index < -0.39 is 0 Å². The fourth-order valence-electron chi connectivity index (χ4n) is 3.88. The lowest BCUT2D eigenvalue weighted by Crippen LogP contribution is -2.37. The average molecular weight is 361 g/mol. The van der Waals surface area contributed by atoms with Crippen molar-refractivity contribution in [3.8, 4) is 0 Å². The first-order chi connectivity index (χ1) is 13.3. The van der Waals surface area contributed by atoms with Crippen molar-refractivity contribution >= 4 is 22.6 Å². The minimum atomic E-state index is 0.0120. The number of nitrogens with one attached hydrogen (secondary N) is 1. The molecule has 3 aromatic rings. The van der Waals surface area contributed by atoms with Crippen LogP contribution in [-0.4, -0.2) is 39.8 Å². The highest BCUT2D eigenvalue weighted by Crippen LogP contribution is 2.29. The summed E-state index contributed by atoms with van der Waals surface area (Å²) in [5.41, 5.74) is 1.60. The lowest BCUT2D eigenvalue weighted by atomic mass is 10.0. The maximum Gasteiger partial charge on any atom is 0.252 e. The molecule has 1 aliphatic heterocycles.